The SMILES string of the molecule is CCN(CC)S(=O)(=O)c1ccc(NC(=O)CN2C(=O)CN(C)C2=O)cc1. The minimum absolute atomic E-state index is 0.0516. The highest BCUT2D eigenvalue weighted by Crippen LogP contribution is 2.18. The van der Waals surface area contributed by atoms with Crippen LogP contribution in [0.25, 0.3) is 0 Å². The number of benzene rings is 1. The molecule has 0 bridgehead atoms. The van der Waals surface area contributed by atoms with E-state index in [1.165, 1.54) is 40.5 Å². The zero-order valence-electron chi connectivity index (χ0n) is 14.9. The zero-order chi connectivity index (χ0) is 19.5. The number of imide groups is 1. The van der Waals surface area contributed by atoms with E-state index in [0.717, 1.165) is 4.90 Å². The van der Waals surface area contributed by atoms with Crippen LogP contribution in [-0.2, 0) is 19.6 Å². The Balaban J connectivity index is 2.04. The van der Waals surface area contributed by atoms with Crippen molar-refractivity contribution in [3.05, 3.63) is 24.3 Å². The minimum atomic E-state index is -3.57. The molecule has 0 unspecified atom stereocenters. The lowest BCUT2D eigenvalue weighted by atomic mass is 10.3. The van der Waals surface area contributed by atoms with Gasteiger partial charge < -0.3 is 10.2 Å². The summed E-state index contributed by atoms with van der Waals surface area (Å²) in [5.41, 5.74) is 0.376. The van der Waals surface area contributed by atoms with Crippen LogP contribution in [-0.4, -0.2) is 73.6 Å². The predicted octanol–water partition coefficient (Wildman–Crippen LogP) is 0.550. The third kappa shape index (κ3) is 4.02. The topological polar surface area (TPSA) is 107 Å². The van der Waals surface area contributed by atoms with Crippen molar-refractivity contribution >= 4 is 33.6 Å². The van der Waals surface area contributed by atoms with Crippen LogP contribution in [0, 0.1) is 0 Å². The fourth-order valence-corrected chi connectivity index (χ4v) is 4.05. The van der Waals surface area contributed by atoms with Crippen molar-refractivity contribution in [2.75, 3.05) is 38.5 Å². The molecule has 10 heteroatoms. The second-order valence-electron chi connectivity index (χ2n) is 5.78. The zero-order valence-corrected chi connectivity index (χ0v) is 15.7. The maximum absolute atomic E-state index is 12.4. The van der Waals surface area contributed by atoms with Gasteiger partial charge >= 0.3 is 6.03 Å². The summed E-state index contributed by atoms with van der Waals surface area (Å²) in [6.07, 6.45) is 0. The van der Waals surface area contributed by atoms with E-state index in [0.29, 0.717) is 18.8 Å². The largest absolute Gasteiger partial charge is 0.327 e. The molecule has 0 spiro atoms. The molecule has 1 fully saturated rings. The van der Waals surface area contributed by atoms with Crippen LogP contribution >= 0.6 is 0 Å². The van der Waals surface area contributed by atoms with Crippen LogP contribution in [0.4, 0.5) is 10.5 Å². The highest BCUT2D eigenvalue weighted by molar-refractivity contribution is 7.89. The van der Waals surface area contributed by atoms with Gasteiger partial charge in [-0.15, -0.1) is 0 Å². The molecular formula is C16H22N4O5S. The van der Waals surface area contributed by atoms with E-state index in [4.69, 9.17) is 0 Å². The number of nitrogens with zero attached hydrogens (tertiary/aromatic N) is 3. The van der Waals surface area contributed by atoms with Crippen LogP contribution in [0.15, 0.2) is 29.2 Å². The first-order valence-electron chi connectivity index (χ1n) is 8.16. The van der Waals surface area contributed by atoms with E-state index in [1.54, 1.807) is 13.8 Å². The second-order valence-corrected chi connectivity index (χ2v) is 7.72. The van der Waals surface area contributed by atoms with Gasteiger partial charge in [0, 0.05) is 25.8 Å². The highest BCUT2D eigenvalue weighted by atomic mass is 32.2. The number of urea groups is 1. The highest BCUT2D eigenvalue weighted by Gasteiger charge is 2.34. The van der Waals surface area contributed by atoms with Gasteiger partial charge in [0.1, 0.15) is 13.1 Å². The normalized spacial score (nSPS) is 15.1. The van der Waals surface area contributed by atoms with Crippen LogP contribution in [0.5, 0.6) is 0 Å². The Morgan fingerprint density at radius 3 is 2.19 bits per heavy atom. The van der Waals surface area contributed by atoms with Crippen LogP contribution in [0.1, 0.15) is 13.8 Å². The van der Waals surface area contributed by atoms with E-state index in [1.807, 2.05) is 0 Å². The molecule has 142 valence electrons. The summed E-state index contributed by atoms with van der Waals surface area (Å²) < 4.78 is 26.2. The number of likely N-dealkylation sites (N-methyl/N-ethyl adjacent to an activating group) is 1. The van der Waals surface area contributed by atoms with Gasteiger partial charge in [-0.25, -0.2) is 13.2 Å². The van der Waals surface area contributed by atoms with Crippen molar-refractivity contribution in [1.82, 2.24) is 14.1 Å². The minimum Gasteiger partial charge on any atom is -0.325 e. The number of anilines is 1. The molecule has 0 atom stereocenters. The Morgan fingerprint density at radius 2 is 1.73 bits per heavy atom. The molecule has 26 heavy (non-hydrogen) atoms. The first-order chi connectivity index (χ1) is 12.2. The van der Waals surface area contributed by atoms with Crippen molar-refractivity contribution in [2.45, 2.75) is 18.7 Å². The standard InChI is InChI=1S/C16H22N4O5S/c1-4-19(5-2)26(24,25)13-8-6-12(7-9-13)17-14(21)10-20-15(22)11-18(3)16(20)23/h6-9H,4-5,10-11H2,1-3H3,(H,17,21). The third-order valence-electron chi connectivity index (χ3n) is 4.01. The average molecular weight is 382 g/mol. The summed E-state index contributed by atoms with van der Waals surface area (Å²) in [6, 6.07) is 5.22. The van der Waals surface area contributed by atoms with Gasteiger partial charge in [0.15, 0.2) is 0 Å². The monoisotopic (exact) mass is 382 g/mol. The molecule has 1 heterocycles. The Hall–Kier alpha value is -2.46. The van der Waals surface area contributed by atoms with Gasteiger partial charge in [-0.05, 0) is 24.3 Å². The summed E-state index contributed by atoms with van der Waals surface area (Å²) in [5, 5.41) is 2.55. The van der Waals surface area contributed by atoms with Crippen molar-refractivity contribution < 1.29 is 22.8 Å². The molecule has 4 amide bonds. The van der Waals surface area contributed by atoms with Crippen molar-refractivity contribution in [3.8, 4) is 0 Å². The first kappa shape index (κ1) is 19.9. The van der Waals surface area contributed by atoms with Gasteiger partial charge in [0.2, 0.25) is 15.9 Å². The Kier molecular flexibility index (Phi) is 5.98. The van der Waals surface area contributed by atoms with Crippen molar-refractivity contribution in [2.24, 2.45) is 0 Å². The molecular weight excluding hydrogens is 360 g/mol. The lowest BCUT2D eigenvalue weighted by Crippen LogP contribution is -2.38. The number of carbonyl (C=O) groups is 3. The number of carbonyl (C=O) groups excluding carboxylic acids is 3. The molecule has 1 aliphatic heterocycles. The Morgan fingerprint density at radius 1 is 1.15 bits per heavy atom. The predicted molar refractivity (Wildman–Crippen MR) is 94.9 cm³/mol. The molecule has 1 aromatic carbocycles. The maximum atomic E-state index is 12.4. The third-order valence-corrected chi connectivity index (χ3v) is 6.08. The summed E-state index contributed by atoms with van der Waals surface area (Å²) in [7, 11) is -2.09. The molecule has 1 aromatic rings. The van der Waals surface area contributed by atoms with E-state index in [9.17, 15) is 22.8 Å². The van der Waals surface area contributed by atoms with Gasteiger partial charge in [0.05, 0.1) is 4.90 Å². The fraction of sp³-hybridized carbons (Fsp3) is 0.438. The maximum Gasteiger partial charge on any atom is 0.327 e. The number of hydrogen-bond donors (Lipinski definition) is 1. The van der Waals surface area contributed by atoms with Gasteiger partial charge in [0.25, 0.3) is 5.91 Å². The quantitative estimate of drug-likeness (QED) is 0.693. The van der Waals surface area contributed by atoms with E-state index in [2.05, 4.69) is 5.32 Å². The molecule has 1 aliphatic rings. The van der Waals surface area contributed by atoms with E-state index in [-0.39, 0.29) is 18.0 Å². The second kappa shape index (κ2) is 7.83. The van der Waals surface area contributed by atoms with Gasteiger partial charge in [-0.1, -0.05) is 13.8 Å². The first-order valence-corrected chi connectivity index (χ1v) is 9.60. The number of rotatable bonds is 7. The number of nitrogens with one attached hydrogen (secondary N) is 1. The molecule has 0 saturated carbocycles. The molecule has 9 nitrogen and oxygen atoms in total. The average Bonchev–Trinajstić information content (AvgIpc) is 2.82. The van der Waals surface area contributed by atoms with E-state index >= 15 is 0 Å². The van der Waals surface area contributed by atoms with Gasteiger partial charge in [-0.3, -0.25) is 14.5 Å². The van der Waals surface area contributed by atoms with Crippen LogP contribution in [0.3, 0.4) is 0 Å². The summed E-state index contributed by atoms with van der Waals surface area (Å²) in [5.74, 6) is -0.977. The van der Waals surface area contributed by atoms with Crippen molar-refractivity contribution in [3.63, 3.8) is 0 Å². The summed E-state index contributed by atoms with van der Waals surface area (Å²) >= 11 is 0. The Bertz CT molecular complexity index is 802. The number of amides is 4. The number of hydrogen-bond acceptors (Lipinski definition) is 5. The van der Waals surface area contributed by atoms with E-state index < -0.39 is 27.9 Å². The smallest absolute Gasteiger partial charge is 0.325 e. The van der Waals surface area contributed by atoms with Crippen molar-refractivity contribution in [1.29, 1.82) is 0 Å². The summed E-state index contributed by atoms with van der Waals surface area (Å²) in [6.45, 7) is 3.81. The molecule has 1 N–H and O–H groups in total. The fourth-order valence-electron chi connectivity index (χ4n) is 2.59. The molecule has 2 rings (SSSR count). The molecule has 0 aliphatic carbocycles. The molecule has 1 saturated heterocycles. The van der Waals surface area contributed by atoms with Crippen LogP contribution in [0.2, 0.25) is 0 Å². The Labute approximate surface area is 152 Å². The van der Waals surface area contributed by atoms with Crippen LogP contribution < -0.4 is 5.32 Å². The summed E-state index contributed by atoms with van der Waals surface area (Å²) in [4.78, 5) is 37.7. The molecule has 0 aromatic heterocycles. The molecule has 0 radical (unpaired) electrons. The van der Waals surface area contributed by atoms with Gasteiger partial charge in [-0.2, -0.15) is 4.31 Å². The lowest BCUT2D eigenvalue weighted by molar-refractivity contribution is -0.129. The number of sulfonamides is 1. The lowest BCUT2D eigenvalue weighted by Gasteiger charge is -2.18.